The number of amides is 1. The summed E-state index contributed by atoms with van der Waals surface area (Å²) in [6, 6.07) is 1.95. The van der Waals surface area contributed by atoms with Gasteiger partial charge in [0.2, 0.25) is 5.91 Å². The molecular formula is C8H10NOS. The maximum absolute atomic E-state index is 11.0. The molecule has 1 rings (SSSR count). The molecule has 0 fully saturated rings. The highest BCUT2D eigenvalue weighted by molar-refractivity contribution is 7.07. The van der Waals surface area contributed by atoms with Crippen molar-refractivity contribution in [3.05, 3.63) is 29.3 Å². The van der Waals surface area contributed by atoms with E-state index in [0.29, 0.717) is 13.0 Å². The topological polar surface area (TPSA) is 29.1 Å². The number of carbonyl (C=O) groups is 1. The van der Waals surface area contributed by atoms with Crippen LogP contribution in [0.3, 0.4) is 0 Å². The van der Waals surface area contributed by atoms with Gasteiger partial charge in [-0.25, -0.2) is 0 Å². The first-order chi connectivity index (χ1) is 5.33. The van der Waals surface area contributed by atoms with Gasteiger partial charge in [0.1, 0.15) is 0 Å². The molecule has 0 saturated carbocycles. The van der Waals surface area contributed by atoms with Gasteiger partial charge in [0.15, 0.2) is 0 Å². The zero-order valence-corrected chi connectivity index (χ0v) is 6.99. The summed E-state index contributed by atoms with van der Waals surface area (Å²) < 4.78 is 0. The van der Waals surface area contributed by atoms with Crippen molar-refractivity contribution in [3.63, 3.8) is 0 Å². The molecular weight excluding hydrogens is 158 g/mol. The van der Waals surface area contributed by atoms with Crippen molar-refractivity contribution in [3.8, 4) is 0 Å². The molecule has 1 heterocycles. The summed E-state index contributed by atoms with van der Waals surface area (Å²) in [6.45, 7) is 3.99. The quantitative estimate of drug-likeness (QED) is 0.723. The first-order valence-electron chi connectivity index (χ1n) is 3.40. The number of hydrogen-bond donors (Lipinski definition) is 1. The van der Waals surface area contributed by atoms with E-state index >= 15 is 0 Å². The van der Waals surface area contributed by atoms with Crippen LogP contribution in [0.1, 0.15) is 5.56 Å². The standard InChI is InChI=1S/C8H10NOS/c1-2-9-8(10)5-7-3-4-11-6-7/h3-4,6H,1-2,5H2,(H,9,10). The first-order valence-corrected chi connectivity index (χ1v) is 4.34. The Hall–Kier alpha value is -0.830. The van der Waals surface area contributed by atoms with E-state index in [1.54, 1.807) is 11.3 Å². The lowest BCUT2D eigenvalue weighted by molar-refractivity contribution is -0.120. The van der Waals surface area contributed by atoms with Gasteiger partial charge in [0, 0.05) is 6.54 Å². The molecule has 1 aromatic heterocycles. The number of hydrogen-bond acceptors (Lipinski definition) is 2. The van der Waals surface area contributed by atoms with Gasteiger partial charge in [0.05, 0.1) is 6.42 Å². The summed E-state index contributed by atoms with van der Waals surface area (Å²) in [6.07, 6.45) is 0.471. The predicted octanol–water partition coefficient (Wildman–Crippen LogP) is 1.24. The third kappa shape index (κ3) is 2.72. The Kier molecular flexibility index (Phi) is 3.11. The van der Waals surface area contributed by atoms with Crippen LogP contribution in [-0.2, 0) is 11.2 Å². The second-order valence-electron chi connectivity index (χ2n) is 2.16. The van der Waals surface area contributed by atoms with Crippen molar-refractivity contribution in [2.45, 2.75) is 6.42 Å². The van der Waals surface area contributed by atoms with Crippen molar-refractivity contribution < 1.29 is 4.79 Å². The van der Waals surface area contributed by atoms with Gasteiger partial charge in [-0.15, -0.1) is 0 Å². The van der Waals surface area contributed by atoms with E-state index in [2.05, 4.69) is 12.2 Å². The van der Waals surface area contributed by atoms with E-state index in [1.807, 2.05) is 16.8 Å². The Bertz CT molecular complexity index is 218. The van der Waals surface area contributed by atoms with Gasteiger partial charge in [0.25, 0.3) is 0 Å². The van der Waals surface area contributed by atoms with Crippen molar-refractivity contribution >= 4 is 17.2 Å². The summed E-state index contributed by atoms with van der Waals surface area (Å²) in [5.74, 6) is 0.0402. The second kappa shape index (κ2) is 4.13. The Morgan fingerprint density at radius 1 is 1.73 bits per heavy atom. The molecule has 0 bridgehead atoms. The first kappa shape index (κ1) is 8.27. The van der Waals surface area contributed by atoms with Gasteiger partial charge in [-0.05, 0) is 29.3 Å². The van der Waals surface area contributed by atoms with Gasteiger partial charge in [-0.3, -0.25) is 4.79 Å². The molecule has 0 saturated heterocycles. The molecule has 1 amide bonds. The smallest absolute Gasteiger partial charge is 0.224 e. The molecule has 0 aromatic carbocycles. The normalized spacial score (nSPS) is 9.55. The second-order valence-corrected chi connectivity index (χ2v) is 2.94. The predicted molar refractivity (Wildman–Crippen MR) is 46.4 cm³/mol. The molecule has 0 aliphatic carbocycles. The number of nitrogens with one attached hydrogen (secondary N) is 1. The van der Waals surface area contributed by atoms with Crippen LogP contribution in [0.15, 0.2) is 16.8 Å². The third-order valence-electron chi connectivity index (χ3n) is 1.27. The van der Waals surface area contributed by atoms with E-state index in [1.165, 1.54) is 0 Å². The molecule has 2 nitrogen and oxygen atoms in total. The minimum Gasteiger partial charge on any atom is -0.356 e. The molecule has 59 valence electrons. The van der Waals surface area contributed by atoms with Crippen molar-refractivity contribution in [2.75, 3.05) is 6.54 Å². The van der Waals surface area contributed by atoms with Crippen molar-refractivity contribution in [2.24, 2.45) is 0 Å². The van der Waals surface area contributed by atoms with E-state index in [4.69, 9.17) is 0 Å². The Morgan fingerprint density at radius 3 is 3.09 bits per heavy atom. The van der Waals surface area contributed by atoms with Gasteiger partial charge in [-0.2, -0.15) is 11.3 Å². The fourth-order valence-corrected chi connectivity index (χ4v) is 1.45. The molecule has 1 N–H and O–H groups in total. The molecule has 1 radical (unpaired) electrons. The summed E-state index contributed by atoms with van der Waals surface area (Å²) in [5.41, 5.74) is 1.07. The van der Waals surface area contributed by atoms with Crippen LogP contribution < -0.4 is 5.32 Å². The van der Waals surface area contributed by atoms with Crippen LogP contribution in [0, 0.1) is 6.92 Å². The average Bonchev–Trinajstić information content (AvgIpc) is 2.40. The Labute approximate surface area is 70.2 Å². The average molecular weight is 168 g/mol. The zero-order chi connectivity index (χ0) is 8.10. The number of rotatable bonds is 3. The van der Waals surface area contributed by atoms with Gasteiger partial charge >= 0.3 is 0 Å². The number of carbonyl (C=O) groups excluding carboxylic acids is 1. The minimum absolute atomic E-state index is 0.0402. The highest BCUT2D eigenvalue weighted by Gasteiger charge is 2.00. The van der Waals surface area contributed by atoms with Crippen LogP contribution >= 0.6 is 11.3 Å². The summed E-state index contributed by atoms with van der Waals surface area (Å²) >= 11 is 1.60. The highest BCUT2D eigenvalue weighted by atomic mass is 32.1. The maximum atomic E-state index is 11.0. The molecule has 3 heteroatoms. The summed E-state index contributed by atoms with van der Waals surface area (Å²) in [5, 5.41) is 6.58. The van der Waals surface area contributed by atoms with Crippen LogP contribution in [-0.4, -0.2) is 12.5 Å². The monoisotopic (exact) mass is 168 g/mol. The van der Waals surface area contributed by atoms with E-state index < -0.39 is 0 Å². The molecule has 11 heavy (non-hydrogen) atoms. The van der Waals surface area contributed by atoms with Crippen LogP contribution in [0.25, 0.3) is 0 Å². The lowest BCUT2D eigenvalue weighted by Crippen LogP contribution is -2.24. The fourth-order valence-electron chi connectivity index (χ4n) is 0.781. The molecule has 0 aliphatic rings. The lowest BCUT2D eigenvalue weighted by atomic mass is 10.2. The lowest BCUT2D eigenvalue weighted by Gasteiger charge is -1.98. The Morgan fingerprint density at radius 2 is 2.55 bits per heavy atom. The minimum atomic E-state index is 0.0402. The summed E-state index contributed by atoms with van der Waals surface area (Å²) in [7, 11) is 0. The summed E-state index contributed by atoms with van der Waals surface area (Å²) in [4.78, 5) is 11.0. The van der Waals surface area contributed by atoms with Crippen molar-refractivity contribution in [1.82, 2.24) is 5.32 Å². The highest BCUT2D eigenvalue weighted by Crippen LogP contribution is 2.05. The molecule has 1 aromatic rings. The Balaban J connectivity index is 2.37. The van der Waals surface area contributed by atoms with Crippen LogP contribution in [0.2, 0.25) is 0 Å². The SMILES string of the molecule is [CH2]CNC(=O)Cc1ccsc1. The van der Waals surface area contributed by atoms with E-state index in [-0.39, 0.29) is 5.91 Å². The zero-order valence-electron chi connectivity index (χ0n) is 6.17. The van der Waals surface area contributed by atoms with E-state index in [0.717, 1.165) is 5.56 Å². The van der Waals surface area contributed by atoms with Gasteiger partial charge < -0.3 is 5.32 Å². The third-order valence-corrected chi connectivity index (χ3v) is 2.00. The van der Waals surface area contributed by atoms with Gasteiger partial charge in [-0.1, -0.05) is 0 Å². The van der Waals surface area contributed by atoms with Crippen LogP contribution in [0.4, 0.5) is 0 Å². The molecule has 0 atom stereocenters. The maximum Gasteiger partial charge on any atom is 0.224 e. The molecule has 0 aliphatic heterocycles. The largest absolute Gasteiger partial charge is 0.356 e. The van der Waals surface area contributed by atoms with E-state index in [9.17, 15) is 4.79 Å². The van der Waals surface area contributed by atoms with Crippen LogP contribution in [0.5, 0.6) is 0 Å². The fraction of sp³-hybridized carbons (Fsp3) is 0.250. The molecule has 0 spiro atoms. The van der Waals surface area contributed by atoms with Crippen molar-refractivity contribution in [1.29, 1.82) is 0 Å². The number of thiophene rings is 1. The molecule has 0 unspecified atom stereocenters.